The van der Waals surface area contributed by atoms with Gasteiger partial charge in [0.15, 0.2) is 0 Å². The molecule has 0 spiro atoms. The van der Waals surface area contributed by atoms with Crippen molar-refractivity contribution in [2.75, 3.05) is 25.0 Å². The first-order chi connectivity index (χ1) is 15.6. The summed E-state index contributed by atoms with van der Waals surface area (Å²) in [6.45, 7) is 5.31. The van der Waals surface area contributed by atoms with Crippen LogP contribution in [0.5, 0.6) is 0 Å². The molecular formula is C27H32N4O. The van der Waals surface area contributed by atoms with Crippen molar-refractivity contribution in [3.63, 3.8) is 0 Å². The lowest BCUT2D eigenvalue weighted by atomic mass is 10.1. The highest BCUT2D eigenvalue weighted by Gasteiger charge is 2.19. The average Bonchev–Trinajstić information content (AvgIpc) is 3.23. The summed E-state index contributed by atoms with van der Waals surface area (Å²) in [7, 11) is 0. The summed E-state index contributed by atoms with van der Waals surface area (Å²) in [5.41, 5.74) is 4.77. The highest BCUT2D eigenvalue weighted by molar-refractivity contribution is 5.86. The predicted octanol–water partition coefficient (Wildman–Crippen LogP) is 4.52. The lowest BCUT2D eigenvalue weighted by Crippen LogP contribution is -2.31. The van der Waals surface area contributed by atoms with Crippen LogP contribution in [0.3, 0.4) is 0 Å². The van der Waals surface area contributed by atoms with Gasteiger partial charge in [0.1, 0.15) is 0 Å². The summed E-state index contributed by atoms with van der Waals surface area (Å²) in [6, 6.07) is 20.5. The number of nitrogens with zero attached hydrogens (tertiary/aromatic N) is 2. The number of anilines is 1. The molecule has 2 N–H and O–H groups in total. The van der Waals surface area contributed by atoms with E-state index in [9.17, 15) is 4.79 Å². The molecule has 2 aromatic carbocycles. The van der Waals surface area contributed by atoms with Gasteiger partial charge < -0.3 is 10.7 Å². The highest BCUT2D eigenvalue weighted by Crippen LogP contribution is 2.19. The molecule has 1 fully saturated rings. The molecule has 1 aliphatic heterocycles. The SMILES string of the molecule is C[C@H]1CCCN1CCNc1ccc(-n2ccc(CCc3ccccc3)cc2=O)cc1C=N. The smallest absolute Gasteiger partial charge is 0.255 e. The molecule has 1 atom stereocenters. The van der Waals surface area contributed by atoms with Crippen molar-refractivity contribution in [2.45, 2.75) is 38.6 Å². The van der Waals surface area contributed by atoms with Gasteiger partial charge in [-0.25, -0.2) is 0 Å². The zero-order chi connectivity index (χ0) is 22.3. The number of aromatic nitrogens is 1. The normalized spacial score (nSPS) is 16.2. The molecule has 4 rings (SSSR count). The van der Waals surface area contributed by atoms with Crippen LogP contribution in [-0.4, -0.2) is 41.4 Å². The van der Waals surface area contributed by atoms with E-state index in [1.54, 1.807) is 10.6 Å². The standard InChI is InChI=1S/C27H32N4O/c1-21-6-5-15-30(21)17-14-29-26-12-11-25(19-24(26)20-28)31-16-13-23(18-27(31)32)10-9-22-7-3-2-4-8-22/h2-4,7-8,11-13,16,18-21,28-29H,5-6,9-10,14-15,17H2,1H3/t21-/m0/s1. The van der Waals surface area contributed by atoms with E-state index in [1.807, 2.05) is 48.7 Å². The minimum atomic E-state index is -0.0461. The van der Waals surface area contributed by atoms with Crippen LogP contribution in [0.2, 0.25) is 0 Å². The number of hydrogen-bond acceptors (Lipinski definition) is 4. The van der Waals surface area contributed by atoms with Crippen molar-refractivity contribution in [1.82, 2.24) is 9.47 Å². The Morgan fingerprint density at radius 3 is 2.59 bits per heavy atom. The van der Waals surface area contributed by atoms with Gasteiger partial charge in [0.05, 0.1) is 0 Å². The number of benzene rings is 2. The van der Waals surface area contributed by atoms with Gasteiger partial charge >= 0.3 is 0 Å². The van der Waals surface area contributed by atoms with Gasteiger partial charge in [-0.3, -0.25) is 14.3 Å². The Kier molecular flexibility index (Phi) is 7.17. The maximum Gasteiger partial charge on any atom is 0.255 e. The van der Waals surface area contributed by atoms with Crippen LogP contribution in [0, 0.1) is 5.41 Å². The van der Waals surface area contributed by atoms with Crippen LogP contribution < -0.4 is 10.9 Å². The van der Waals surface area contributed by atoms with E-state index < -0.39 is 0 Å². The maximum absolute atomic E-state index is 12.8. The van der Waals surface area contributed by atoms with Crippen molar-refractivity contribution in [2.24, 2.45) is 0 Å². The molecule has 32 heavy (non-hydrogen) atoms. The molecular weight excluding hydrogens is 396 g/mol. The van der Waals surface area contributed by atoms with Gasteiger partial charge in [-0.15, -0.1) is 0 Å². The number of nitrogens with one attached hydrogen (secondary N) is 2. The molecule has 0 aliphatic carbocycles. The van der Waals surface area contributed by atoms with E-state index in [0.717, 1.165) is 48.4 Å². The van der Waals surface area contributed by atoms with E-state index in [4.69, 9.17) is 5.41 Å². The fraction of sp³-hybridized carbons (Fsp3) is 0.333. The van der Waals surface area contributed by atoms with Crippen LogP contribution in [0.1, 0.15) is 36.5 Å². The molecule has 0 unspecified atom stereocenters. The second-order valence-corrected chi connectivity index (χ2v) is 8.60. The average molecular weight is 429 g/mol. The second-order valence-electron chi connectivity index (χ2n) is 8.60. The van der Waals surface area contributed by atoms with E-state index in [1.165, 1.54) is 31.2 Å². The Morgan fingerprint density at radius 1 is 1.06 bits per heavy atom. The minimum Gasteiger partial charge on any atom is -0.383 e. The van der Waals surface area contributed by atoms with E-state index in [-0.39, 0.29) is 5.56 Å². The zero-order valence-corrected chi connectivity index (χ0v) is 18.8. The Balaban J connectivity index is 1.42. The molecule has 5 nitrogen and oxygen atoms in total. The van der Waals surface area contributed by atoms with E-state index in [0.29, 0.717) is 6.04 Å². The van der Waals surface area contributed by atoms with Gasteiger partial charge in [-0.05, 0) is 74.5 Å². The number of hydrogen-bond donors (Lipinski definition) is 2. The van der Waals surface area contributed by atoms with E-state index >= 15 is 0 Å². The fourth-order valence-corrected chi connectivity index (χ4v) is 4.46. The van der Waals surface area contributed by atoms with Gasteiger partial charge in [0.2, 0.25) is 0 Å². The molecule has 0 radical (unpaired) electrons. The zero-order valence-electron chi connectivity index (χ0n) is 18.8. The molecule has 2 heterocycles. The van der Waals surface area contributed by atoms with Crippen LogP contribution in [0.4, 0.5) is 5.69 Å². The molecule has 5 heteroatoms. The van der Waals surface area contributed by atoms with Crippen LogP contribution in [0.25, 0.3) is 5.69 Å². The predicted molar refractivity (Wildman–Crippen MR) is 133 cm³/mol. The Hall–Kier alpha value is -3.18. The van der Waals surface area contributed by atoms with Gasteiger partial charge in [0.25, 0.3) is 5.56 Å². The quantitative estimate of drug-likeness (QED) is 0.493. The van der Waals surface area contributed by atoms with Gasteiger partial charge in [-0.2, -0.15) is 0 Å². The third-order valence-electron chi connectivity index (χ3n) is 6.40. The minimum absolute atomic E-state index is 0.0461. The lowest BCUT2D eigenvalue weighted by Gasteiger charge is -2.21. The van der Waals surface area contributed by atoms with Crippen LogP contribution >= 0.6 is 0 Å². The first kappa shape index (κ1) is 22.0. The van der Waals surface area contributed by atoms with Crippen molar-refractivity contribution < 1.29 is 0 Å². The van der Waals surface area contributed by atoms with Crippen molar-refractivity contribution in [3.05, 3.63) is 93.9 Å². The maximum atomic E-state index is 12.8. The van der Waals surface area contributed by atoms with Gasteiger partial charge in [0, 0.05) is 54.5 Å². The van der Waals surface area contributed by atoms with Gasteiger partial charge in [-0.1, -0.05) is 30.3 Å². The first-order valence-corrected chi connectivity index (χ1v) is 11.5. The Morgan fingerprint density at radius 2 is 1.88 bits per heavy atom. The molecule has 0 bridgehead atoms. The molecule has 0 saturated carbocycles. The van der Waals surface area contributed by atoms with Crippen molar-refractivity contribution >= 4 is 11.9 Å². The Labute approximate surface area is 190 Å². The summed E-state index contributed by atoms with van der Waals surface area (Å²) in [5, 5.41) is 11.3. The van der Waals surface area contributed by atoms with Crippen molar-refractivity contribution in [3.8, 4) is 5.69 Å². The summed E-state index contributed by atoms with van der Waals surface area (Å²) < 4.78 is 1.65. The van der Waals surface area contributed by atoms with Crippen molar-refractivity contribution in [1.29, 1.82) is 5.41 Å². The Bertz CT molecular complexity index is 1110. The number of likely N-dealkylation sites (tertiary alicyclic amines) is 1. The molecule has 1 aliphatic rings. The van der Waals surface area contributed by atoms with Crippen LogP contribution in [0.15, 0.2) is 71.7 Å². The number of rotatable bonds is 9. The molecule has 166 valence electrons. The first-order valence-electron chi connectivity index (χ1n) is 11.5. The second kappa shape index (κ2) is 10.4. The summed E-state index contributed by atoms with van der Waals surface area (Å²) in [6.07, 6.45) is 7.50. The molecule has 0 amide bonds. The molecule has 3 aromatic rings. The monoisotopic (exact) mass is 428 g/mol. The molecule has 1 saturated heterocycles. The fourth-order valence-electron chi connectivity index (χ4n) is 4.46. The largest absolute Gasteiger partial charge is 0.383 e. The molecule has 1 aromatic heterocycles. The lowest BCUT2D eigenvalue weighted by molar-refractivity contribution is 0.279. The van der Waals surface area contributed by atoms with E-state index in [2.05, 4.69) is 29.3 Å². The summed E-state index contributed by atoms with van der Waals surface area (Å²) >= 11 is 0. The topological polar surface area (TPSA) is 61.1 Å². The summed E-state index contributed by atoms with van der Waals surface area (Å²) in [5.74, 6) is 0. The third-order valence-corrected chi connectivity index (χ3v) is 6.40. The number of aryl methyl sites for hydroxylation is 2. The highest BCUT2D eigenvalue weighted by atomic mass is 16.1. The summed E-state index contributed by atoms with van der Waals surface area (Å²) in [4.78, 5) is 15.3. The van der Waals surface area contributed by atoms with Crippen LogP contribution in [-0.2, 0) is 12.8 Å². The number of pyridine rings is 1. The third kappa shape index (κ3) is 5.35.